The molecule has 208 valence electrons. The maximum absolute atomic E-state index is 13.6. The number of carbonyl (C=O) groups is 3. The number of amides is 2. The van der Waals surface area contributed by atoms with Crippen LogP contribution in [0.25, 0.3) is 11.1 Å². The lowest BCUT2D eigenvalue weighted by Gasteiger charge is -2.28. The van der Waals surface area contributed by atoms with Gasteiger partial charge in [0.25, 0.3) is 10.0 Å². The van der Waals surface area contributed by atoms with Gasteiger partial charge in [-0.25, -0.2) is 18.2 Å². The fourth-order valence-electron chi connectivity index (χ4n) is 5.33. The maximum atomic E-state index is 13.6. The first kappa shape index (κ1) is 27.5. The molecule has 2 aliphatic heterocycles. The number of carbonyl (C=O) groups excluding carboxylic acids is 3. The largest absolute Gasteiger partial charge is 0.413 e. The molecular formula is C29H30N4O6S. The van der Waals surface area contributed by atoms with Crippen LogP contribution in [0, 0.1) is 0 Å². The highest BCUT2D eigenvalue weighted by molar-refractivity contribution is 7.89. The smallest absolute Gasteiger partial charge is 0.410 e. The van der Waals surface area contributed by atoms with Crippen molar-refractivity contribution >= 4 is 27.8 Å². The summed E-state index contributed by atoms with van der Waals surface area (Å²) in [4.78, 5) is 44.6. The minimum absolute atomic E-state index is 0.140. The van der Waals surface area contributed by atoms with E-state index < -0.39 is 40.1 Å². The van der Waals surface area contributed by atoms with Crippen molar-refractivity contribution in [2.75, 3.05) is 13.1 Å². The molecule has 1 N–H and O–H groups in total. The van der Waals surface area contributed by atoms with Crippen LogP contribution in [-0.4, -0.2) is 71.6 Å². The number of nitrogens with one attached hydrogen (secondary N) is 1. The van der Waals surface area contributed by atoms with E-state index >= 15 is 0 Å². The molecule has 2 aliphatic rings. The quantitative estimate of drug-likeness (QED) is 0.447. The number of rotatable bonds is 8. The van der Waals surface area contributed by atoms with Crippen LogP contribution in [0.3, 0.4) is 0 Å². The van der Waals surface area contributed by atoms with Crippen LogP contribution >= 0.6 is 0 Å². The van der Waals surface area contributed by atoms with E-state index in [1.54, 1.807) is 24.3 Å². The van der Waals surface area contributed by atoms with Crippen molar-refractivity contribution in [1.82, 2.24) is 19.5 Å². The number of ketones is 1. The molecule has 5 rings (SSSR count). The number of hydrogen-bond donors (Lipinski definition) is 1. The summed E-state index contributed by atoms with van der Waals surface area (Å²) in [5, 5.41) is 2.51. The standard InChI is InChI=1S/C29H30N4O6S/c1-2-8-23(31-29(36)39-22-14-12-21(13-15-22)20-9-4-3-5-10-20)28(35)32-18-16-24-27(32)25(34)19-33(24)40(37,38)26-11-6-7-17-30-26/h3-7,9-15,17,23-24,27H,2,8,16,18-19H2,1H3,(H,31,36). The number of Topliss-reactive ketones (excluding diaryl/α,β-unsaturated/α-hetero) is 1. The molecule has 2 aromatic carbocycles. The predicted octanol–water partition coefficient (Wildman–Crippen LogP) is 3.25. The molecule has 2 amide bonds. The van der Waals surface area contributed by atoms with E-state index in [9.17, 15) is 22.8 Å². The Morgan fingerprint density at radius 2 is 1.73 bits per heavy atom. The Kier molecular flexibility index (Phi) is 7.95. The lowest BCUT2D eigenvalue weighted by atomic mass is 10.1. The zero-order chi connectivity index (χ0) is 28.3. The Balaban J connectivity index is 1.25. The Morgan fingerprint density at radius 1 is 1.02 bits per heavy atom. The molecule has 0 saturated carbocycles. The molecule has 0 spiro atoms. The summed E-state index contributed by atoms with van der Waals surface area (Å²) in [5.74, 6) is -0.467. The zero-order valence-corrected chi connectivity index (χ0v) is 22.8. The molecule has 11 heteroatoms. The second kappa shape index (κ2) is 11.6. The molecule has 2 saturated heterocycles. The highest BCUT2D eigenvalue weighted by atomic mass is 32.2. The summed E-state index contributed by atoms with van der Waals surface area (Å²) in [5.41, 5.74) is 2.00. The van der Waals surface area contributed by atoms with Crippen molar-refractivity contribution in [2.45, 2.75) is 49.3 Å². The van der Waals surface area contributed by atoms with Crippen LogP contribution in [0.4, 0.5) is 4.79 Å². The molecule has 0 radical (unpaired) electrons. The Hall–Kier alpha value is -4.09. The molecular weight excluding hydrogens is 532 g/mol. The topological polar surface area (TPSA) is 126 Å². The van der Waals surface area contributed by atoms with Crippen molar-refractivity contribution in [3.8, 4) is 16.9 Å². The molecule has 1 aromatic heterocycles. The number of pyridine rings is 1. The minimum atomic E-state index is -4.01. The molecule has 40 heavy (non-hydrogen) atoms. The monoisotopic (exact) mass is 562 g/mol. The van der Waals surface area contributed by atoms with Crippen LogP contribution in [0.2, 0.25) is 0 Å². The Bertz CT molecular complexity index is 1480. The van der Waals surface area contributed by atoms with Gasteiger partial charge in [-0.3, -0.25) is 9.59 Å². The number of aromatic nitrogens is 1. The highest BCUT2D eigenvalue weighted by Gasteiger charge is 2.54. The molecule has 3 heterocycles. The molecule has 3 aromatic rings. The first-order chi connectivity index (χ1) is 19.3. The lowest BCUT2D eigenvalue weighted by Crippen LogP contribution is -2.53. The average Bonchev–Trinajstić information content (AvgIpc) is 3.55. The van der Waals surface area contributed by atoms with Gasteiger partial charge in [0.2, 0.25) is 5.91 Å². The number of nitrogens with zero attached hydrogens (tertiary/aromatic N) is 3. The van der Waals surface area contributed by atoms with Gasteiger partial charge in [-0.1, -0.05) is 61.9 Å². The summed E-state index contributed by atoms with van der Waals surface area (Å²) in [6, 6.07) is 18.9. The van der Waals surface area contributed by atoms with E-state index in [1.807, 2.05) is 49.4 Å². The van der Waals surface area contributed by atoms with Gasteiger partial charge < -0.3 is 15.0 Å². The molecule has 3 unspecified atom stereocenters. The normalized spacial score (nSPS) is 19.7. The molecule has 10 nitrogen and oxygen atoms in total. The number of hydrogen-bond acceptors (Lipinski definition) is 7. The first-order valence-electron chi connectivity index (χ1n) is 13.2. The summed E-state index contributed by atoms with van der Waals surface area (Å²) in [6.07, 6.45) is 1.83. The van der Waals surface area contributed by atoms with Gasteiger partial charge in [0.05, 0.1) is 12.6 Å². The van der Waals surface area contributed by atoms with Crippen molar-refractivity contribution in [1.29, 1.82) is 0 Å². The molecule has 0 bridgehead atoms. The van der Waals surface area contributed by atoms with Crippen molar-refractivity contribution in [2.24, 2.45) is 0 Å². The van der Waals surface area contributed by atoms with Crippen LogP contribution < -0.4 is 10.1 Å². The number of sulfonamides is 1. The maximum Gasteiger partial charge on any atom is 0.413 e. The van der Waals surface area contributed by atoms with Crippen LogP contribution in [0.5, 0.6) is 5.75 Å². The van der Waals surface area contributed by atoms with E-state index in [-0.39, 0.29) is 23.9 Å². The zero-order valence-electron chi connectivity index (χ0n) is 22.0. The van der Waals surface area contributed by atoms with E-state index in [1.165, 1.54) is 17.2 Å². The fourth-order valence-corrected chi connectivity index (χ4v) is 6.89. The first-order valence-corrected chi connectivity index (χ1v) is 14.6. The van der Waals surface area contributed by atoms with E-state index in [0.29, 0.717) is 25.0 Å². The number of benzene rings is 2. The SMILES string of the molecule is CCCC(NC(=O)Oc1ccc(-c2ccccc2)cc1)C(=O)N1CCC2C1C(=O)CN2S(=O)(=O)c1ccccn1. The lowest BCUT2D eigenvalue weighted by molar-refractivity contribution is -0.138. The van der Waals surface area contributed by atoms with E-state index in [0.717, 1.165) is 15.4 Å². The Morgan fingerprint density at radius 3 is 2.40 bits per heavy atom. The van der Waals surface area contributed by atoms with Crippen LogP contribution in [0.1, 0.15) is 26.2 Å². The van der Waals surface area contributed by atoms with Crippen molar-refractivity contribution in [3.05, 3.63) is 79.0 Å². The van der Waals surface area contributed by atoms with Gasteiger partial charge in [0.1, 0.15) is 17.8 Å². The summed E-state index contributed by atoms with van der Waals surface area (Å²) < 4.78 is 33.0. The fraction of sp³-hybridized carbons (Fsp3) is 0.310. The number of likely N-dealkylation sites (tertiary alicyclic amines) is 1. The van der Waals surface area contributed by atoms with Crippen LogP contribution in [-0.2, 0) is 19.6 Å². The van der Waals surface area contributed by atoms with Gasteiger partial charge in [0, 0.05) is 12.7 Å². The van der Waals surface area contributed by atoms with Crippen molar-refractivity contribution in [3.63, 3.8) is 0 Å². The summed E-state index contributed by atoms with van der Waals surface area (Å²) in [6.45, 7) is 1.75. The van der Waals surface area contributed by atoms with E-state index in [4.69, 9.17) is 4.74 Å². The number of ether oxygens (including phenoxy) is 1. The number of fused-ring (bicyclic) bond motifs is 1. The van der Waals surface area contributed by atoms with Gasteiger partial charge in [-0.2, -0.15) is 4.31 Å². The van der Waals surface area contributed by atoms with Crippen molar-refractivity contribution < 1.29 is 27.5 Å². The van der Waals surface area contributed by atoms with Gasteiger partial charge in [0.15, 0.2) is 10.8 Å². The average molecular weight is 563 g/mol. The van der Waals surface area contributed by atoms with Crippen LogP contribution in [0.15, 0.2) is 84.0 Å². The molecule has 0 aliphatic carbocycles. The summed E-state index contributed by atoms with van der Waals surface area (Å²) >= 11 is 0. The van der Waals surface area contributed by atoms with Gasteiger partial charge >= 0.3 is 6.09 Å². The summed E-state index contributed by atoms with van der Waals surface area (Å²) in [7, 11) is -4.01. The third kappa shape index (κ3) is 5.47. The highest BCUT2D eigenvalue weighted by Crippen LogP contribution is 2.34. The van der Waals surface area contributed by atoms with E-state index in [2.05, 4.69) is 10.3 Å². The van der Waals surface area contributed by atoms with Gasteiger partial charge in [-0.15, -0.1) is 0 Å². The molecule has 2 fully saturated rings. The second-order valence-corrected chi connectivity index (χ2v) is 11.6. The second-order valence-electron chi connectivity index (χ2n) is 9.78. The Labute approximate surface area is 233 Å². The third-order valence-corrected chi connectivity index (χ3v) is 9.00. The molecule has 3 atom stereocenters. The predicted molar refractivity (Wildman–Crippen MR) is 147 cm³/mol. The third-order valence-electron chi connectivity index (χ3n) is 7.21. The van der Waals surface area contributed by atoms with Gasteiger partial charge in [-0.05, 0) is 48.2 Å². The minimum Gasteiger partial charge on any atom is -0.410 e.